The Morgan fingerprint density at radius 3 is 3.04 bits per heavy atom. The average molecular weight is 336 g/mol. The molecule has 4 nitrogen and oxygen atoms in total. The van der Waals surface area contributed by atoms with Gasteiger partial charge in [-0.15, -0.1) is 0 Å². The summed E-state index contributed by atoms with van der Waals surface area (Å²) in [4.78, 5) is 19.4. The van der Waals surface area contributed by atoms with Crippen molar-refractivity contribution in [1.29, 1.82) is 0 Å². The molecule has 4 atom stereocenters. The third kappa shape index (κ3) is 1.83. The number of carbonyl (C=O) groups is 1. The second-order valence-electron chi connectivity index (χ2n) is 7.69. The first-order valence-electron chi connectivity index (χ1n) is 9.32. The number of esters is 1. The summed E-state index contributed by atoms with van der Waals surface area (Å²) in [6.07, 6.45) is 5.25. The first-order valence-corrected chi connectivity index (χ1v) is 9.32. The molecule has 1 aromatic heterocycles. The van der Waals surface area contributed by atoms with E-state index in [0.29, 0.717) is 5.92 Å². The highest BCUT2D eigenvalue weighted by Gasteiger charge is 2.60. The maximum absolute atomic E-state index is 13.2. The molecule has 1 aliphatic carbocycles. The Balaban J connectivity index is 1.83. The molecule has 4 aliphatic rings. The monoisotopic (exact) mass is 336 g/mol. The molecular weight excluding hydrogens is 312 g/mol. The summed E-state index contributed by atoms with van der Waals surface area (Å²) < 4.78 is 5.41. The van der Waals surface area contributed by atoms with Crippen molar-refractivity contribution < 1.29 is 9.53 Å². The maximum Gasteiger partial charge on any atom is 0.319 e. The molecular formula is C21H24N2O2. The van der Waals surface area contributed by atoms with E-state index in [2.05, 4.69) is 47.1 Å². The van der Waals surface area contributed by atoms with Gasteiger partial charge in [0, 0.05) is 29.7 Å². The number of H-pyrrole nitrogens is 1. The summed E-state index contributed by atoms with van der Waals surface area (Å²) in [5, 5.41) is 1.26. The van der Waals surface area contributed by atoms with Gasteiger partial charge in [0.2, 0.25) is 0 Å². The van der Waals surface area contributed by atoms with Gasteiger partial charge in [-0.3, -0.25) is 9.69 Å². The van der Waals surface area contributed by atoms with Gasteiger partial charge in [0.25, 0.3) is 0 Å². The quantitative estimate of drug-likeness (QED) is 0.677. The minimum Gasteiger partial charge on any atom is -0.468 e. The second-order valence-corrected chi connectivity index (χ2v) is 7.69. The number of nitrogens with one attached hydrogen (secondary N) is 1. The molecule has 4 bridgehead atoms. The van der Waals surface area contributed by atoms with Crippen molar-refractivity contribution in [2.75, 3.05) is 20.2 Å². The van der Waals surface area contributed by atoms with Crippen LogP contribution in [0.2, 0.25) is 0 Å². The van der Waals surface area contributed by atoms with Gasteiger partial charge in [0.05, 0.1) is 13.2 Å². The lowest BCUT2D eigenvalue weighted by Crippen LogP contribution is -2.63. The van der Waals surface area contributed by atoms with Crippen LogP contribution < -0.4 is 0 Å². The maximum atomic E-state index is 13.2. The standard InChI is InChI=1S/C21H24N2O2/c1-3-14-10-13-11-21(20(24)25-2)18-16(8-9-23(12-13)19(14)21)15-6-4-5-7-17(15)22-18/h4-7,10,13,19,22H,3,8-9,11-12H2,1-2H3/t13-,19-,21+/m1/s1. The molecule has 0 amide bonds. The van der Waals surface area contributed by atoms with Gasteiger partial charge in [-0.05, 0) is 36.8 Å². The van der Waals surface area contributed by atoms with E-state index in [-0.39, 0.29) is 12.0 Å². The van der Waals surface area contributed by atoms with Crippen LogP contribution in [-0.2, 0) is 21.4 Å². The van der Waals surface area contributed by atoms with Crippen LogP contribution in [0.1, 0.15) is 31.0 Å². The SMILES string of the molecule is CCC1=C[C@H]2CN3CCc4c([nH]c5ccccc45)[C@@](C(=O)OC)(C2)[C@@H]13. The van der Waals surface area contributed by atoms with Crippen molar-refractivity contribution in [1.82, 2.24) is 9.88 Å². The smallest absolute Gasteiger partial charge is 0.319 e. The molecule has 1 saturated heterocycles. The molecule has 130 valence electrons. The second kappa shape index (κ2) is 5.21. The zero-order chi connectivity index (χ0) is 17.2. The third-order valence-electron chi connectivity index (χ3n) is 6.55. The van der Waals surface area contributed by atoms with E-state index in [1.165, 1.54) is 23.6 Å². The fourth-order valence-electron chi connectivity index (χ4n) is 5.71. The molecule has 0 saturated carbocycles. The zero-order valence-corrected chi connectivity index (χ0v) is 14.8. The van der Waals surface area contributed by atoms with Crippen LogP contribution >= 0.6 is 0 Å². The molecule has 1 unspecified atom stereocenters. The van der Waals surface area contributed by atoms with Gasteiger partial charge < -0.3 is 9.72 Å². The molecule has 0 radical (unpaired) electrons. The topological polar surface area (TPSA) is 45.3 Å². The number of nitrogens with zero attached hydrogens (tertiary/aromatic N) is 1. The Hall–Kier alpha value is -2.07. The molecule has 4 heterocycles. The molecule has 0 spiro atoms. The number of para-hydroxylation sites is 1. The van der Waals surface area contributed by atoms with Gasteiger partial charge >= 0.3 is 5.97 Å². The number of carbonyl (C=O) groups excluding carboxylic acids is 1. The number of aromatic nitrogens is 1. The van der Waals surface area contributed by atoms with E-state index in [1.54, 1.807) is 0 Å². The number of fused-ring (bicyclic) bond motifs is 3. The van der Waals surface area contributed by atoms with Crippen LogP contribution in [0.15, 0.2) is 35.9 Å². The van der Waals surface area contributed by atoms with Crippen molar-refractivity contribution in [2.45, 2.75) is 37.6 Å². The number of hydrogen-bond donors (Lipinski definition) is 1. The van der Waals surface area contributed by atoms with Gasteiger partial charge in [0.15, 0.2) is 0 Å². The van der Waals surface area contributed by atoms with E-state index in [4.69, 9.17) is 4.74 Å². The van der Waals surface area contributed by atoms with Crippen LogP contribution in [0, 0.1) is 5.92 Å². The lowest BCUT2D eigenvalue weighted by atomic mass is 9.60. The summed E-state index contributed by atoms with van der Waals surface area (Å²) in [5.74, 6) is 0.345. The molecule has 25 heavy (non-hydrogen) atoms. The Labute approximate surface area is 147 Å². The molecule has 1 fully saturated rings. The van der Waals surface area contributed by atoms with Crippen molar-refractivity contribution in [3.63, 3.8) is 0 Å². The Morgan fingerprint density at radius 1 is 1.40 bits per heavy atom. The van der Waals surface area contributed by atoms with Crippen molar-refractivity contribution in [3.8, 4) is 0 Å². The first kappa shape index (κ1) is 15.2. The van der Waals surface area contributed by atoms with E-state index in [9.17, 15) is 4.79 Å². The lowest BCUT2D eigenvalue weighted by Gasteiger charge is -2.53. The number of ether oxygens (including phenoxy) is 1. The Kier molecular flexibility index (Phi) is 3.17. The number of aromatic amines is 1. The van der Waals surface area contributed by atoms with Crippen LogP contribution in [0.4, 0.5) is 0 Å². The van der Waals surface area contributed by atoms with Gasteiger partial charge in [-0.1, -0.05) is 36.8 Å². The Bertz CT molecular complexity index is 896. The van der Waals surface area contributed by atoms with Gasteiger partial charge in [0.1, 0.15) is 5.41 Å². The molecule has 1 aromatic carbocycles. The number of benzene rings is 1. The van der Waals surface area contributed by atoms with E-state index in [0.717, 1.165) is 43.6 Å². The number of piperidine rings is 1. The van der Waals surface area contributed by atoms with E-state index < -0.39 is 5.41 Å². The average Bonchev–Trinajstić information content (AvgIpc) is 3.00. The summed E-state index contributed by atoms with van der Waals surface area (Å²) in [7, 11) is 1.53. The predicted octanol–water partition coefficient (Wildman–Crippen LogP) is 3.18. The zero-order valence-electron chi connectivity index (χ0n) is 14.8. The minimum absolute atomic E-state index is 0.0824. The number of rotatable bonds is 2. The van der Waals surface area contributed by atoms with Crippen molar-refractivity contribution >= 4 is 16.9 Å². The number of hydrogen-bond acceptors (Lipinski definition) is 3. The normalized spacial score (nSPS) is 32.9. The first-order chi connectivity index (χ1) is 12.2. The van der Waals surface area contributed by atoms with E-state index >= 15 is 0 Å². The fraction of sp³-hybridized carbons (Fsp3) is 0.476. The van der Waals surface area contributed by atoms with Crippen LogP contribution in [0.25, 0.3) is 10.9 Å². The van der Waals surface area contributed by atoms with Crippen LogP contribution in [0.5, 0.6) is 0 Å². The molecule has 4 heteroatoms. The summed E-state index contributed by atoms with van der Waals surface area (Å²) in [6.45, 7) is 4.28. The largest absolute Gasteiger partial charge is 0.468 e. The van der Waals surface area contributed by atoms with Gasteiger partial charge in [-0.2, -0.15) is 0 Å². The molecule has 3 aliphatic heterocycles. The van der Waals surface area contributed by atoms with Crippen LogP contribution in [-0.4, -0.2) is 42.1 Å². The summed E-state index contributed by atoms with van der Waals surface area (Å²) in [5.41, 5.74) is 4.36. The van der Waals surface area contributed by atoms with Crippen molar-refractivity contribution in [3.05, 3.63) is 47.2 Å². The summed E-state index contributed by atoms with van der Waals surface area (Å²) in [6, 6.07) is 8.56. The lowest BCUT2D eigenvalue weighted by molar-refractivity contribution is -0.153. The van der Waals surface area contributed by atoms with Crippen LogP contribution in [0.3, 0.4) is 0 Å². The highest BCUT2D eigenvalue weighted by Crippen LogP contribution is 2.52. The van der Waals surface area contributed by atoms with E-state index in [1.807, 2.05) is 0 Å². The highest BCUT2D eigenvalue weighted by atomic mass is 16.5. The fourth-order valence-corrected chi connectivity index (χ4v) is 5.71. The van der Waals surface area contributed by atoms with Crippen molar-refractivity contribution in [2.24, 2.45) is 5.92 Å². The predicted molar refractivity (Wildman–Crippen MR) is 97.5 cm³/mol. The number of methoxy groups -OCH3 is 1. The Morgan fingerprint density at radius 2 is 2.24 bits per heavy atom. The van der Waals surface area contributed by atoms with Gasteiger partial charge in [-0.25, -0.2) is 0 Å². The third-order valence-corrected chi connectivity index (χ3v) is 6.55. The molecule has 2 aromatic rings. The highest BCUT2D eigenvalue weighted by molar-refractivity contribution is 5.92. The molecule has 1 N–H and O–H groups in total. The minimum atomic E-state index is -0.595. The molecule has 6 rings (SSSR count). The summed E-state index contributed by atoms with van der Waals surface area (Å²) >= 11 is 0.